The van der Waals surface area contributed by atoms with E-state index in [0.29, 0.717) is 12.1 Å². The molecule has 0 amide bonds. The summed E-state index contributed by atoms with van der Waals surface area (Å²) in [6.45, 7) is 4.17. The van der Waals surface area contributed by atoms with E-state index in [0.717, 1.165) is 25.2 Å². The fourth-order valence-electron chi connectivity index (χ4n) is 2.79. The Morgan fingerprint density at radius 1 is 1.20 bits per heavy atom. The average molecular weight is 268 g/mol. The van der Waals surface area contributed by atoms with Crippen molar-refractivity contribution in [3.63, 3.8) is 0 Å². The van der Waals surface area contributed by atoms with Crippen LogP contribution in [-0.4, -0.2) is 29.1 Å². The highest BCUT2D eigenvalue weighted by Crippen LogP contribution is 2.28. The average Bonchev–Trinajstić information content (AvgIpc) is 2.56. The second-order valence-corrected chi connectivity index (χ2v) is 5.19. The molecule has 2 heterocycles. The Hall–Kier alpha value is -1.94. The van der Waals surface area contributed by atoms with Crippen LogP contribution in [0.25, 0.3) is 0 Å². The smallest absolute Gasteiger partial charge is 0.115 e. The van der Waals surface area contributed by atoms with E-state index in [4.69, 9.17) is 0 Å². The molecule has 1 N–H and O–H groups in total. The number of rotatable bonds is 3. The molecule has 0 aliphatic carbocycles. The van der Waals surface area contributed by atoms with Crippen LogP contribution in [0.1, 0.15) is 24.9 Å². The zero-order chi connectivity index (χ0) is 13.8. The molecule has 2 aromatic rings. The molecule has 1 aliphatic heterocycles. The fourth-order valence-corrected chi connectivity index (χ4v) is 2.79. The monoisotopic (exact) mass is 268 g/mol. The summed E-state index contributed by atoms with van der Waals surface area (Å²) in [5.41, 5.74) is 2.43. The maximum Gasteiger partial charge on any atom is 0.115 e. The summed E-state index contributed by atoms with van der Waals surface area (Å²) in [4.78, 5) is 10.7. The van der Waals surface area contributed by atoms with Crippen LogP contribution in [0.15, 0.2) is 49.1 Å². The maximum atomic E-state index is 4.17. The Morgan fingerprint density at radius 2 is 1.95 bits per heavy atom. The lowest BCUT2D eigenvalue weighted by molar-refractivity contribution is 0.389. The lowest BCUT2D eigenvalue weighted by Gasteiger charge is -2.41. The molecule has 0 saturated carbocycles. The van der Waals surface area contributed by atoms with Gasteiger partial charge >= 0.3 is 0 Å². The number of piperazine rings is 1. The van der Waals surface area contributed by atoms with Gasteiger partial charge in [-0.3, -0.25) is 0 Å². The van der Waals surface area contributed by atoms with Gasteiger partial charge in [-0.2, -0.15) is 0 Å². The number of hydrogen-bond donors (Lipinski definition) is 1. The fraction of sp³-hybridized carbons (Fsp3) is 0.375. The Labute approximate surface area is 119 Å². The van der Waals surface area contributed by atoms with Crippen molar-refractivity contribution >= 4 is 5.69 Å². The summed E-state index contributed by atoms with van der Waals surface area (Å²) in [6.07, 6.45) is 6.52. The third-order valence-electron chi connectivity index (χ3n) is 3.95. The van der Waals surface area contributed by atoms with E-state index in [9.17, 15) is 0 Å². The third kappa shape index (κ3) is 2.65. The van der Waals surface area contributed by atoms with Crippen LogP contribution in [0.4, 0.5) is 5.69 Å². The van der Waals surface area contributed by atoms with Crippen molar-refractivity contribution in [3.8, 4) is 0 Å². The van der Waals surface area contributed by atoms with Gasteiger partial charge in [-0.15, -0.1) is 0 Å². The summed E-state index contributed by atoms with van der Waals surface area (Å²) in [5, 5.41) is 3.63. The van der Waals surface area contributed by atoms with Gasteiger partial charge in [-0.25, -0.2) is 9.97 Å². The zero-order valence-electron chi connectivity index (χ0n) is 11.7. The van der Waals surface area contributed by atoms with Crippen molar-refractivity contribution in [1.82, 2.24) is 15.3 Å². The molecule has 3 rings (SSSR count). The Bertz CT molecular complexity index is 529. The standard InChI is InChI=1S/C16H20N4/c1-2-14-11-20(15-8-17-12-18-9-15)16(10-19-14)13-6-4-3-5-7-13/h3-9,12,14,16,19H,2,10-11H2,1H3. The van der Waals surface area contributed by atoms with Crippen LogP contribution < -0.4 is 10.2 Å². The summed E-state index contributed by atoms with van der Waals surface area (Å²) < 4.78 is 0. The summed E-state index contributed by atoms with van der Waals surface area (Å²) >= 11 is 0. The molecule has 1 aromatic carbocycles. The van der Waals surface area contributed by atoms with Crippen LogP contribution >= 0.6 is 0 Å². The van der Waals surface area contributed by atoms with Gasteiger partial charge in [0.2, 0.25) is 0 Å². The van der Waals surface area contributed by atoms with Gasteiger partial charge in [-0.1, -0.05) is 37.3 Å². The molecule has 0 spiro atoms. The van der Waals surface area contributed by atoms with Crippen LogP contribution in [0.5, 0.6) is 0 Å². The number of nitrogens with zero attached hydrogens (tertiary/aromatic N) is 3. The predicted molar refractivity (Wildman–Crippen MR) is 80.6 cm³/mol. The SMILES string of the molecule is CCC1CN(c2cncnc2)C(c2ccccc2)CN1. The molecule has 4 nitrogen and oxygen atoms in total. The number of anilines is 1. The van der Waals surface area contributed by atoms with Crippen molar-refractivity contribution in [3.05, 3.63) is 54.6 Å². The van der Waals surface area contributed by atoms with Crippen molar-refractivity contribution in [1.29, 1.82) is 0 Å². The minimum absolute atomic E-state index is 0.338. The molecule has 1 aliphatic rings. The summed E-state index contributed by atoms with van der Waals surface area (Å²) in [7, 11) is 0. The second kappa shape index (κ2) is 6.01. The number of aromatic nitrogens is 2. The van der Waals surface area contributed by atoms with E-state index in [1.54, 1.807) is 6.33 Å². The molecule has 1 saturated heterocycles. The first-order chi connectivity index (χ1) is 9.88. The molecule has 2 atom stereocenters. The van der Waals surface area contributed by atoms with Crippen LogP contribution in [-0.2, 0) is 0 Å². The topological polar surface area (TPSA) is 41.1 Å². The molecular weight excluding hydrogens is 248 g/mol. The van der Waals surface area contributed by atoms with E-state index in [1.807, 2.05) is 12.4 Å². The van der Waals surface area contributed by atoms with Gasteiger partial charge < -0.3 is 10.2 Å². The molecule has 20 heavy (non-hydrogen) atoms. The number of nitrogens with one attached hydrogen (secondary N) is 1. The quantitative estimate of drug-likeness (QED) is 0.928. The van der Waals surface area contributed by atoms with E-state index in [-0.39, 0.29) is 0 Å². The molecule has 1 aromatic heterocycles. The Balaban J connectivity index is 1.91. The minimum Gasteiger partial charge on any atom is -0.359 e. The normalized spacial score (nSPS) is 22.8. The summed E-state index contributed by atoms with van der Waals surface area (Å²) in [6, 6.07) is 11.5. The van der Waals surface area contributed by atoms with Gasteiger partial charge in [0.1, 0.15) is 6.33 Å². The highest BCUT2D eigenvalue weighted by Gasteiger charge is 2.28. The molecule has 0 bridgehead atoms. The minimum atomic E-state index is 0.338. The molecular formula is C16H20N4. The predicted octanol–water partition coefficient (Wildman–Crippen LogP) is 2.41. The first kappa shape index (κ1) is 13.1. The Morgan fingerprint density at radius 3 is 2.65 bits per heavy atom. The van der Waals surface area contributed by atoms with Gasteiger partial charge in [0.25, 0.3) is 0 Å². The highest BCUT2D eigenvalue weighted by molar-refractivity contribution is 5.46. The highest BCUT2D eigenvalue weighted by atomic mass is 15.2. The van der Waals surface area contributed by atoms with E-state index < -0.39 is 0 Å². The third-order valence-corrected chi connectivity index (χ3v) is 3.95. The van der Waals surface area contributed by atoms with Crippen molar-refractivity contribution < 1.29 is 0 Å². The molecule has 0 radical (unpaired) electrons. The van der Waals surface area contributed by atoms with Crippen LogP contribution in [0.2, 0.25) is 0 Å². The molecule has 1 fully saturated rings. The van der Waals surface area contributed by atoms with Gasteiger partial charge in [0.05, 0.1) is 24.1 Å². The van der Waals surface area contributed by atoms with Crippen LogP contribution in [0.3, 0.4) is 0 Å². The van der Waals surface area contributed by atoms with Crippen LogP contribution in [0, 0.1) is 0 Å². The van der Waals surface area contributed by atoms with E-state index >= 15 is 0 Å². The first-order valence-corrected chi connectivity index (χ1v) is 7.18. The lowest BCUT2D eigenvalue weighted by Crippen LogP contribution is -2.52. The van der Waals surface area contributed by atoms with Gasteiger partial charge in [0.15, 0.2) is 0 Å². The zero-order valence-corrected chi connectivity index (χ0v) is 11.7. The maximum absolute atomic E-state index is 4.17. The van der Waals surface area contributed by atoms with Crippen molar-refractivity contribution in [2.24, 2.45) is 0 Å². The van der Waals surface area contributed by atoms with Gasteiger partial charge in [-0.05, 0) is 12.0 Å². The van der Waals surface area contributed by atoms with Crippen molar-refractivity contribution in [2.45, 2.75) is 25.4 Å². The van der Waals surface area contributed by atoms with Gasteiger partial charge in [0, 0.05) is 19.1 Å². The van der Waals surface area contributed by atoms with E-state index in [1.165, 1.54) is 5.56 Å². The molecule has 4 heteroatoms. The molecule has 2 unspecified atom stereocenters. The van der Waals surface area contributed by atoms with Crippen molar-refractivity contribution in [2.75, 3.05) is 18.0 Å². The first-order valence-electron chi connectivity index (χ1n) is 7.18. The second-order valence-electron chi connectivity index (χ2n) is 5.19. The Kier molecular flexibility index (Phi) is 3.92. The lowest BCUT2D eigenvalue weighted by atomic mass is 10.00. The van der Waals surface area contributed by atoms with E-state index in [2.05, 4.69) is 57.4 Å². The number of hydrogen-bond acceptors (Lipinski definition) is 4. The largest absolute Gasteiger partial charge is 0.359 e. The molecule has 104 valence electrons. The summed E-state index contributed by atoms with van der Waals surface area (Å²) in [5.74, 6) is 0. The number of benzene rings is 1.